The highest BCUT2D eigenvalue weighted by atomic mass is 79.9. The third kappa shape index (κ3) is 3.40. The van der Waals surface area contributed by atoms with Gasteiger partial charge in [0.05, 0.1) is 16.4 Å². The minimum absolute atomic E-state index is 0.657. The molecule has 0 fully saturated rings. The largest absolute Gasteiger partial charge is 0.397 e. The van der Waals surface area contributed by atoms with Gasteiger partial charge in [0.2, 0.25) is 0 Å². The summed E-state index contributed by atoms with van der Waals surface area (Å²) in [6.07, 6.45) is 0.921. The highest BCUT2D eigenvalue weighted by Crippen LogP contribution is 2.27. The van der Waals surface area contributed by atoms with Gasteiger partial charge in [0.1, 0.15) is 0 Å². The topological polar surface area (TPSA) is 38.0 Å². The van der Waals surface area contributed by atoms with E-state index in [-0.39, 0.29) is 0 Å². The average Bonchev–Trinajstić information content (AvgIpc) is 2.33. The number of hydrogen-bond acceptors (Lipinski definition) is 2. The van der Waals surface area contributed by atoms with Crippen LogP contribution in [0.15, 0.2) is 46.9 Å². The molecular weight excluding hydrogens is 312 g/mol. The fraction of sp³-hybridized carbons (Fsp3) is 0.143. The maximum atomic E-state index is 6.09. The molecule has 4 heteroatoms. The number of para-hydroxylation sites is 1. The summed E-state index contributed by atoms with van der Waals surface area (Å²) in [5, 5.41) is 3.93. The Labute approximate surface area is 120 Å². The maximum Gasteiger partial charge on any atom is 0.0763 e. The molecular formula is C14H14BrClN2. The zero-order valence-electron chi connectivity index (χ0n) is 9.79. The summed E-state index contributed by atoms with van der Waals surface area (Å²) in [7, 11) is 0. The van der Waals surface area contributed by atoms with E-state index in [1.54, 1.807) is 0 Å². The molecule has 0 saturated heterocycles. The molecule has 2 aromatic carbocycles. The van der Waals surface area contributed by atoms with Crippen LogP contribution in [0.4, 0.5) is 11.4 Å². The molecule has 0 aliphatic rings. The fourth-order valence-electron chi connectivity index (χ4n) is 1.75. The van der Waals surface area contributed by atoms with Crippen molar-refractivity contribution in [1.29, 1.82) is 0 Å². The standard InChI is InChI=1S/C14H14BrClN2/c15-11-4-1-3-10(9-11)7-8-18-14-12(16)5-2-6-13(14)17/h1-6,9,18H,7-8,17H2. The fourth-order valence-corrected chi connectivity index (χ4v) is 2.45. The van der Waals surface area contributed by atoms with Crippen LogP contribution >= 0.6 is 27.5 Å². The summed E-state index contributed by atoms with van der Waals surface area (Å²) < 4.78 is 1.09. The molecule has 0 unspecified atom stereocenters. The number of anilines is 2. The highest BCUT2D eigenvalue weighted by molar-refractivity contribution is 9.10. The quantitative estimate of drug-likeness (QED) is 0.821. The molecule has 0 aromatic heterocycles. The first-order valence-electron chi connectivity index (χ1n) is 5.69. The maximum absolute atomic E-state index is 6.09. The van der Waals surface area contributed by atoms with Crippen molar-refractivity contribution in [3.63, 3.8) is 0 Å². The first-order valence-corrected chi connectivity index (χ1v) is 6.86. The van der Waals surface area contributed by atoms with Gasteiger partial charge in [-0.2, -0.15) is 0 Å². The first-order chi connectivity index (χ1) is 8.66. The molecule has 2 rings (SSSR count). The van der Waals surface area contributed by atoms with E-state index in [1.807, 2.05) is 30.3 Å². The van der Waals surface area contributed by atoms with E-state index in [2.05, 4.69) is 33.4 Å². The summed E-state index contributed by atoms with van der Waals surface area (Å²) in [6, 6.07) is 13.8. The van der Waals surface area contributed by atoms with Gasteiger partial charge in [-0.25, -0.2) is 0 Å². The van der Waals surface area contributed by atoms with Gasteiger partial charge in [0, 0.05) is 11.0 Å². The molecule has 0 aliphatic heterocycles. The van der Waals surface area contributed by atoms with E-state index in [0.717, 1.165) is 23.1 Å². The van der Waals surface area contributed by atoms with Gasteiger partial charge in [-0.1, -0.05) is 45.7 Å². The zero-order valence-corrected chi connectivity index (χ0v) is 12.1. The number of rotatable bonds is 4. The lowest BCUT2D eigenvalue weighted by molar-refractivity contribution is 1.02. The Morgan fingerprint density at radius 3 is 2.67 bits per heavy atom. The van der Waals surface area contributed by atoms with Crippen LogP contribution < -0.4 is 11.1 Å². The molecule has 3 N–H and O–H groups in total. The minimum atomic E-state index is 0.657. The van der Waals surface area contributed by atoms with Crippen LogP contribution in [0.25, 0.3) is 0 Å². The van der Waals surface area contributed by atoms with E-state index >= 15 is 0 Å². The van der Waals surface area contributed by atoms with Crippen LogP contribution in [0.5, 0.6) is 0 Å². The second kappa shape index (κ2) is 6.12. The van der Waals surface area contributed by atoms with E-state index in [1.165, 1.54) is 5.56 Å². The second-order valence-electron chi connectivity index (χ2n) is 4.01. The van der Waals surface area contributed by atoms with E-state index < -0.39 is 0 Å². The lowest BCUT2D eigenvalue weighted by Crippen LogP contribution is -2.07. The molecule has 0 amide bonds. The van der Waals surface area contributed by atoms with Crippen molar-refractivity contribution >= 4 is 38.9 Å². The van der Waals surface area contributed by atoms with Crippen molar-refractivity contribution in [3.05, 3.63) is 57.5 Å². The Kier molecular flexibility index (Phi) is 4.50. The Hall–Kier alpha value is -1.19. The summed E-state index contributed by atoms with van der Waals surface area (Å²) in [5.74, 6) is 0. The normalized spacial score (nSPS) is 10.3. The molecule has 0 spiro atoms. The zero-order chi connectivity index (χ0) is 13.0. The van der Waals surface area contributed by atoms with Crippen molar-refractivity contribution in [2.45, 2.75) is 6.42 Å². The number of hydrogen-bond donors (Lipinski definition) is 2. The summed E-state index contributed by atoms with van der Waals surface area (Å²) >= 11 is 9.55. The number of nitrogens with two attached hydrogens (primary N) is 1. The molecule has 2 nitrogen and oxygen atoms in total. The number of benzene rings is 2. The average molecular weight is 326 g/mol. The van der Waals surface area contributed by atoms with Crippen LogP contribution in [0.3, 0.4) is 0 Å². The van der Waals surface area contributed by atoms with Crippen molar-refractivity contribution in [3.8, 4) is 0 Å². The summed E-state index contributed by atoms with van der Waals surface area (Å²) in [4.78, 5) is 0. The Morgan fingerprint density at radius 1 is 1.17 bits per heavy atom. The number of halogens is 2. The van der Waals surface area contributed by atoms with Gasteiger partial charge in [0.25, 0.3) is 0 Å². The van der Waals surface area contributed by atoms with Gasteiger partial charge in [0.15, 0.2) is 0 Å². The second-order valence-corrected chi connectivity index (χ2v) is 5.33. The van der Waals surface area contributed by atoms with Crippen molar-refractivity contribution < 1.29 is 0 Å². The van der Waals surface area contributed by atoms with E-state index in [9.17, 15) is 0 Å². The minimum Gasteiger partial charge on any atom is -0.397 e. The third-order valence-corrected chi connectivity index (χ3v) is 3.46. The molecule has 0 aliphatic carbocycles. The predicted molar refractivity (Wildman–Crippen MR) is 82.2 cm³/mol. The van der Waals surface area contributed by atoms with Crippen LogP contribution in [0, 0.1) is 0 Å². The SMILES string of the molecule is Nc1cccc(Cl)c1NCCc1cccc(Br)c1. The molecule has 18 heavy (non-hydrogen) atoms. The molecule has 2 aromatic rings. The molecule has 94 valence electrons. The Morgan fingerprint density at radius 2 is 1.94 bits per heavy atom. The van der Waals surface area contributed by atoms with E-state index in [0.29, 0.717) is 10.7 Å². The molecule has 0 saturated carbocycles. The molecule has 0 atom stereocenters. The van der Waals surface area contributed by atoms with Crippen LogP contribution in [-0.2, 0) is 6.42 Å². The molecule has 0 bridgehead atoms. The van der Waals surface area contributed by atoms with Gasteiger partial charge >= 0.3 is 0 Å². The molecule has 0 heterocycles. The van der Waals surface area contributed by atoms with Crippen molar-refractivity contribution in [1.82, 2.24) is 0 Å². The number of nitrogen functional groups attached to an aromatic ring is 1. The van der Waals surface area contributed by atoms with Crippen molar-refractivity contribution in [2.24, 2.45) is 0 Å². The Bertz CT molecular complexity index is 523. The lowest BCUT2D eigenvalue weighted by Gasteiger charge is -2.11. The summed E-state index contributed by atoms with van der Waals surface area (Å²) in [6.45, 7) is 0.796. The van der Waals surface area contributed by atoms with E-state index in [4.69, 9.17) is 17.3 Å². The third-order valence-electron chi connectivity index (χ3n) is 2.65. The van der Waals surface area contributed by atoms with Gasteiger partial charge in [-0.15, -0.1) is 0 Å². The predicted octanol–water partition coefficient (Wildman–Crippen LogP) is 4.34. The molecule has 0 radical (unpaired) electrons. The Balaban J connectivity index is 1.97. The number of nitrogens with one attached hydrogen (secondary N) is 1. The van der Waals surface area contributed by atoms with Crippen molar-refractivity contribution in [2.75, 3.05) is 17.6 Å². The smallest absolute Gasteiger partial charge is 0.0763 e. The van der Waals surface area contributed by atoms with Gasteiger partial charge in [-0.3, -0.25) is 0 Å². The van der Waals surface area contributed by atoms with Crippen LogP contribution in [0.1, 0.15) is 5.56 Å². The lowest BCUT2D eigenvalue weighted by atomic mass is 10.1. The monoisotopic (exact) mass is 324 g/mol. The van der Waals surface area contributed by atoms with Crippen LogP contribution in [-0.4, -0.2) is 6.54 Å². The first kappa shape index (κ1) is 13.2. The highest BCUT2D eigenvalue weighted by Gasteiger charge is 2.03. The summed E-state index contributed by atoms with van der Waals surface area (Å²) in [5.41, 5.74) is 8.63. The van der Waals surface area contributed by atoms with Gasteiger partial charge in [-0.05, 0) is 36.2 Å². The van der Waals surface area contributed by atoms with Gasteiger partial charge < -0.3 is 11.1 Å². The van der Waals surface area contributed by atoms with Crippen LogP contribution in [0.2, 0.25) is 5.02 Å².